The highest BCUT2D eigenvalue weighted by molar-refractivity contribution is 6.18. The van der Waals surface area contributed by atoms with Crippen molar-refractivity contribution in [2.45, 2.75) is 19.3 Å². The maximum Gasteiger partial charge on any atom is 0.224 e. The number of halogens is 1. The molecule has 0 saturated carbocycles. The summed E-state index contributed by atoms with van der Waals surface area (Å²) < 4.78 is 10.4. The number of alkyl halides is 1. The summed E-state index contributed by atoms with van der Waals surface area (Å²) in [5.74, 6) is 1.32. The summed E-state index contributed by atoms with van der Waals surface area (Å²) in [5, 5.41) is 11.6. The Kier molecular flexibility index (Phi) is 6.68. The number of ether oxygens (including phenoxy) is 2. The van der Waals surface area contributed by atoms with Gasteiger partial charge in [0.2, 0.25) is 5.91 Å². The minimum Gasteiger partial charge on any atom is -0.493 e. The van der Waals surface area contributed by atoms with Crippen LogP contribution in [-0.4, -0.2) is 26.0 Å². The second-order valence-electron chi connectivity index (χ2n) is 4.04. The summed E-state index contributed by atoms with van der Waals surface area (Å²) in [7, 11) is 3.04. The SMILES string of the molecule is COc1cc(CC#N)c(NC(=O)CCCCl)cc1OC. The van der Waals surface area contributed by atoms with Crippen molar-refractivity contribution in [3.63, 3.8) is 0 Å². The van der Waals surface area contributed by atoms with Crippen LogP contribution in [0.5, 0.6) is 11.5 Å². The molecule has 0 atom stereocenters. The zero-order valence-corrected chi connectivity index (χ0v) is 12.3. The summed E-state index contributed by atoms with van der Waals surface area (Å²) in [6, 6.07) is 5.41. The quantitative estimate of drug-likeness (QED) is 0.785. The average Bonchev–Trinajstić information content (AvgIpc) is 2.46. The third kappa shape index (κ3) is 4.32. The van der Waals surface area contributed by atoms with Gasteiger partial charge in [-0.3, -0.25) is 4.79 Å². The molecule has 1 aromatic rings. The Morgan fingerprint density at radius 2 is 2.00 bits per heavy atom. The molecule has 0 unspecified atom stereocenters. The number of nitrogens with zero attached hydrogens (tertiary/aromatic N) is 1. The van der Waals surface area contributed by atoms with E-state index in [2.05, 4.69) is 11.4 Å². The van der Waals surface area contributed by atoms with Gasteiger partial charge in [-0.05, 0) is 18.1 Å². The molecular weight excluding hydrogens is 280 g/mol. The van der Waals surface area contributed by atoms with Gasteiger partial charge in [0.05, 0.1) is 26.7 Å². The van der Waals surface area contributed by atoms with Crippen molar-refractivity contribution in [1.82, 2.24) is 0 Å². The second-order valence-corrected chi connectivity index (χ2v) is 4.42. The fourth-order valence-electron chi connectivity index (χ4n) is 1.71. The van der Waals surface area contributed by atoms with Gasteiger partial charge in [-0.15, -0.1) is 11.6 Å². The fraction of sp³-hybridized carbons (Fsp3) is 0.429. The average molecular weight is 297 g/mol. The van der Waals surface area contributed by atoms with Crippen molar-refractivity contribution < 1.29 is 14.3 Å². The zero-order valence-electron chi connectivity index (χ0n) is 11.5. The maximum atomic E-state index is 11.8. The van der Waals surface area contributed by atoms with E-state index in [4.69, 9.17) is 26.3 Å². The van der Waals surface area contributed by atoms with Crippen LogP contribution in [0.2, 0.25) is 0 Å². The Labute approximate surface area is 123 Å². The molecule has 0 spiro atoms. The predicted molar refractivity (Wildman–Crippen MR) is 77.4 cm³/mol. The van der Waals surface area contributed by atoms with Crippen molar-refractivity contribution in [2.24, 2.45) is 0 Å². The maximum absolute atomic E-state index is 11.8. The molecule has 0 heterocycles. The molecule has 6 heteroatoms. The molecule has 1 amide bonds. The summed E-state index contributed by atoms with van der Waals surface area (Å²) in [6.45, 7) is 0. The number of hydrogen-bond acceptors (Lipinski definition) is 4. The lowest BCUT2D eigenvalue weighted by molar-refractivity contribution is -0.116. The van der Waals surface area contributed by atoms with Crippen LogP contribution in [0.15, 0.2) is 12.1 Å². The number of nitrogens with one attached hydrogen (secondary N) is 1. The molecular formula is C14H17ClN2O3. The van der Waals surface area contributed by atoms with Gasteiger partial charge in [-0.1, -0.05) is 0 Å². The lowest BCUT2D eigenvalue weighted by Crippen LogP contribution is -2.13. The van der Waals surface area contributed by atoms with E-state index in [1.165, 1.54) is 14.2 Å². The van der Waals surface area contributed by atoms with Gasteiger partial charge in [0.25, 0.3) is 0 Å². The van der Waals surface area contributed by atoms with E-state index in [9.17, 15) is 4.79 Å². The number of methoxy groups -OCH3 is 2. The van der Waals surface area contributed by atoms with Gasteiger partial charge in [0.1, 0.15) is 0 Å². The monoisotopic (exact) mass is 296 g/mol. The van der Waals surface area contributed by atoms with E-state index in [1.54, 1.807) is 12.1 Å². The Morgan fingerprint density at radius 3 is 2.55 bits per heavy atom. The molecule has 0 aliphatic rings. The van der Waals surface area contributed by atoms with Gasteiger partial charge in [-0.2, -0.15) is 5.26 Å². The number of rotatable bonds is 7. The summed E-state index contributed by atoms with van der Waals surface area (Å²) in [4.78, 5) is 11.8. The molecule has 5 nitrogen and oxygen atoms in total. The van der Waals surface area contributed by atoms with Crippen LogP contribution in [0.3, 0.4) is 0 Å². The minimum atomic E-state index is -0.142. The van der Waals surface area contributed by atoms with Crippen LogP contribution in [0.4, 0.5) is 5.69 Å². The first-order chi connectivity index (χ1) is 9.65. The van der Waals surface area contributed by atoms with Crippen LogP contribution in [-0.2, 0) is 11.2 Å². The lowest BCUT2D eigenvalue weighted by Gasteiger charge is -2.14. The molecule has 0 aromatic heterocycles. The Balaban J connectivity index is 3.03. The number of nitriles is 1. The molecule has 1 N–H and O–H groups in total. The number of carbonyl (C=O) groups excluding carboxylic acids is 1. The standard InChI is InChI=1S/C14H17ClN2O3/c1-19-12-8-10(5-7-16)11(9-13(12)20-2)17-14(18)4-3-6-15/h8-9H,3-6H2,1-2H3,(H,17,18). The second kappa shape index (κ2) is 8.28. The van der Waals surface area contributed by atoms with E-state index >= 15 is 0 Å². The van der Waals surface area contributed by atoms with Gasteiger partial charge in [0, 0.05) is 24.1 Å². The number of carbonyl (C=O) groups is 1. The van der Waals surface area contributed by atoms with Gasteiger partial charge >= 0.3 is 0 Å². The van der Waals surface area contributed by atoms with Crippen LogP contribution in [0, 0.1) is 11.3 Å². The van der Waals surface area contributed by atoms with Crippen LogP contribution in [0.25, 0.3) is 0 Å². The number of benzene rings is 1. The van der Waals surface area contributed by atoms with E-state index in [0.717, 1.165) is 0 Å². The topological polar surface area (TPSA) is 71.3 Å². The first-order valence-electron chi connectivity index (χ1n) is 6.14. The number of anilines is 1. The molecule has 0 aliphatic carbocycles. The minimum absolute atomic E-state index is 0.142. The normalized spacial score (nSPS) is 9.70. The van der Waals surface area contributed by atoms with Gasteiger partial charge in [0.15, 0.2) is 11.5 Å². The molecule has 20 heavy (non-hydrogen) atoms. The van der Waals surface area contributed by atoms with E-state index < -0.39 is 0 Å². The zero-order chi connectivity index (χ0) is 15.0. The highest BCUT2D eigenvalue weighted by Crippen LogP contribution is 2.33. The summed E-state index contributed by atoms with van der Waals surface area (Å²) in [6.07, 6.45) is 1.11. The van der Waals surface area contributed by atoms with E-state index in [0.29, 0.717) is 41.5 Å². The van der Waals surface area contributed by atoms with Crippen molar-refractivity contribution >= 4 is 23.2 Å². The van der Waals surface area contributed by atoms with Crippen molar-refractivity contribution in [3.8, 4) is 17.6 Å². The van der Waals surface area contributed by atoms with Crippen molar-refractivity contribution in [2.75, 3.05) is 25.4 Å². The molecule has 1 rings (SSSR count). The molecule has 108 valence electrons. The Bertz CT molecular complexity index is 512. The molecule has 0 bridgehead atoms. The first kappa shape index (κ1) is 16.1. The summed E-state index contributed by atoms with van der Waals surface area (Å²) in [5.41, 5.74) is 1.24. The Hall–Kier alpha value is -1.93. The highest BCUT2D eigenvalue weighted by Gasteiger charge is 2.13. The van der Waals surface area contributed by atoms with Crippen LogP contribution < -0.4 is 14.8 Å². The molecule has 0 fully saturated rings. The molecule has 0 radical (unpaired) electrons. The van der Waals surface area contributed by atoms with E-state index in [1.807, 2.05) is 0 Å². The molecule has 1 aromatic carbocycles. The summed E-state index contributed by atoms with van der Waals surface area (Å²) >= 11 is 5.56. The number of amides is 1. The fourth-order valence-corrected chi connectivity index (χ4v) is 1.84. The third-order valence-corrected chi connectivity index (χ3v) is 2.96. The first-order valence-corrected chi connectivity index (χ1v) is 6.67. The van der Waals surface area contributed by atoms with Gasteiger partial charge in [-0.25, -0.2) is 0 Å². The van der Waals surface area contributed by atoms with Crippen molar-refractivity contribution in [3.05, 3.63) is 17.7 Å². The highest BCUT2D eigenvalue weighted by atomic mass is 35.5. The number of hydrogen-bond donors (Lipinski definition) is 1. The molecule has 0 aliphatic heterocycles. The Morgan fingerprint density at radius 1 is 1.35 bits per heavy atom. The third-order valence-electron chi connectivity index (χ3n) is 2.69. The van der Waals surface area contributed by atoms with Crippen LogP contribution in [0.1, 0.15) is 18.4 Å². The van der Waals surface area contributed by atoms with Gasteiger partial charge < -0.3 is 14.8 Å². The van der Waals surface area contributed by atoms with E-state index in [-0.39, 0.29) is 12.3 Å². The lowest BCUT2D eigenvalue weighted by atomic mass is 10.1. The smallest absolute Gasteiger partial charge is 0.224 e. The van der Waals surface area contributed by atoms with Crippen molar-refractivity contribution in [1.29, 1.82) is 5.26 Å². The largest absolute Gasteiger partial charge is 0.493 e. The predicted octanol–water partition coefficient (Wildman–Crippen LogP) is 2.73. The van der Waals surface area contributed by atoms with Crippen LogP contribution >= 0.6 is 11.6 Å². The molecule has 0 saturated heterocycles.